The third kappa shape index (κ3) is 2.70. The Hall–Kier alpha value is -2.33. The largest absolute Gasteiger partial charge is 0.465 e. The molecule has 4 nitrogen and oxygen atoms in total. The van der Waals surface area contributed by atoms with Crippen LogP contribution in [0.3, 0.4) is 0 Å². The molecule has 0 bridgehead atoms. The van der Waals surface area contributed by atoms with Gasteiger partial charge in [-0.25, -0.2) is 4.79 Å². The van der Waals surface area contributed by atoms with Crippen molar-refractivity contribution in [2.45, 2.75) is 19.9 Å². The summed E-state index contributed by atoms with van der Waals surface area (Å²) in [5, 5.41) is 6.34. The smallest absolute Gasteiger partial charge is 0.337 e. The minimum absolute atomic E-state index is 0.154. The third-order valence-corrected chi connectivity index (χ3v) is 4.08. The van der Waals surface area contributed by atoms with Crippen molar-refractivity contribution in [2.24, 2.45) is 0 Å². The number of benzene rings is 2. The number of aromatic nitrogens is 2. The van der Waals surface area contributed by atoms with E-state index in [4.69, 9.17) is 21.4 Å². The highest BCUT2D eigenvalue weighted by atomic mass is 35.5. The van der Waals surface area contributed by atoms with E-state index in [2.05, 4.69) is 0 Å². The standard InChI is InChI=1S/C18H17ClN2O2/c1-11(2)21-16-10-12(18(22)23-3)8-9-14(16)17(20-21)13-6-4-5-7-15(13)19/h4-11H,1-3H3. The average Bonchev–Trinajstić information content (AvgIpc) is 2.93. The summed E-state index contributed by atoms with van der Waals surface area (Å²) < 4.78 is 6.71. The molecule has 0 amide bonds. The molecule has 118 valence electrons. The normalized spacial score (nSPS) is 11.2. The van der Waals surface area contributed by atoms with Gasteiger partial charge < -0.3 is 4.74 Å². The van der Waals surface area contributed by atoms with E-state index >= 15 is 0 Å². The van der Waals surface area contributed by atoms with E-state index in [0.29, 0.717) is 10.6 Å². The van der Waals surface area contributed by atoms with Crippen molar-refractivity contribution in [1.82, 2.24) is 9.78 Å². The molecule has 1 heterocycles. The lowest BCUT2D eigenvalue weighted by Gasteiger charge is -2.07. The maximum absolute atomic E-state index is 11.8. The number of ether oxygens (including phenoxy) is 1. The van der Waals surface area contributed by atoms with Crippen LogP contribution in [0, 0.1) is 0 Å². The second kappa shape index (κ2) is 6.05. The summed E-state index contributed by atoms with van der Waals surface area (Å²) in [6, 6.07) is 13.2. The second-order valence-corrected chi connectivity index (χ2v) is 6.00. The zero-order valence-corrected chi connectivity index (χ0v) is 14.0. The molecule has 0 fully saturated rings. The molecule has 0 radical (unpaired) electrons. The number of carbonyl (C=O) groups is 1. The topological polar surface area (TPSA) is 44.1 Å². The Labute approximate surface area is 139 Å². The maximum Gasteiger partial charge on any atom is 0.337 e. The molecule has 1 aromatic heterocycles. The Balaban J connectivity index is 2.29. The number of hydrogen-bond acceptors (Lipinski definition) is 3. The monoisotopic (exact) mass is 328 g/mol. The van der Waals surface area contributed by atoms with Crippen molar-refractivity contribution in [3.8, 4) is 11.3 Å². The van der Waals surface area contributed by atoms with Gasteiger partial charge in [0.05, 0.1) is 23.2 Å². The first kappa shape index (κ1) is 15.6. The van der Waals surface area contributed by atoms with Crippen LogP contribution in [-0.2, 0) is 4.74 Å². The van der Waals surface area contributed by atoms with Crippen molar-refractivity contribution in [2.75, 3.05) is 7.11 Å². The Bertz CT molecular complexity index is 884. The lowest BCUT2D eigenvalue weighted by Crippen LogP contribution is -2.04. The molecule has 0 aliphatic heterocycles. The van der Waals surface area contributed by atoms with Gasteiger partial charge in [0.2, 0.25) is 0 Å². The van der Waals surface area contributed by atoms with Crippen LogP contribution < -0.4 is 0 Å². The van der Waals surface area contributed by atoms with Crippen molar-refractivity contribution in [3.05, 3.63) is 53.1 Å². The fraction of sp³-hybridized carbons (Fsp3) is 0.222. The summed E-state index contributed by atoms with van der Waals surface area (Å²) >= 11 is 6.33. The zero-order valence-electron chi connectivity index (χ0n) is 13.2. The van der Waals surface area contributed by atoms with E-state index in [1.165, 1.54) is 7.11 Å². The first-order valence-corrected chi connectivity index (χ1v) is 7.76. The summed E-state index contributed by atoms with van der Waals surface area (Å²) in [5.74, 6) is -0.359. The number of esters is 1. The molecule has 0 spiro atoms. The average molecular weight is 329 g/mol. The Morgan fingerprint density at radius 1 is 1.22 bits per heavy atom. The molecule has 5 heteroatoms. The fourth-order valence-electron chi connectivity index (χ4n) is 2.63. The molecular weight excluding hydrogens is 312 g/mol. The third-order valence-electron chi connectivity index (χ3n) is 3.75. The molecule has 0 atom stereocenters. The summed E-state index contributed by atoms with van der Waals surface area (Å²) in [7, 11) is 1.38. The Kier molecular flexibility index (Phi) is 4.09. The maximum atomic E-state index is 11.8. The zero-order chi connectivity index (χ0) is 16.6. The predicted octanol–water partition coefficient (Wildman–Crippen LogP) is 4.72. The molecule has 0 saturated carbocycles. The lowest BCUT2D eigenvalue weighted by molar-refractivity contribution is 0.0601. The minimum atomic E-state index is -0.359. The van der Waals surface area contributed by atoms with Gasteiger partial charge in [-0.15, -0.1) is 0 Å². The van der Waals surface area contributed by atoms with Crippen molar-refractivity contribution in [1.29, 1.82) is 0 Å². The highest BCUT2D eigenvalue weighted by molar-refractivity contribution is 6.33. The second-order valence-electron chi connectivity index (χ2n) is 5.59. The number of halogens is 1. The molecule has 0 N–H and O–H groups in total. The van der Waals surface area contributed by atoms with Crippen LogP contribution in [0.2, 0.25) is 5.02 Å². The molecule has 3 rings (SSSR count). The van der Waals surface area contributed by atoms with Gasteiger partial charge in [-0.3, -0.25) is 4.68 Å². The van der Waals surface area contributed by atoms with Gasteiger partial charge in [0.1, 0.15) is 5.69 Å². The van der Waals surface area contributed by atoms with Crippen LogP contribution >= 0.6 is 11.6 Å². The van der Waals surface area contributed by atoms with E-state index in [1.807, 2.05) is 54.9 Å². The molecule has 0 unspecified atom stereocenters. The summed E-state index contributed by atoms with van der Waals surface area (Å²) in [6.07, 6.45) is 0. The van der Waals surface area contributed by atoms with E-state index < -0.39 is 0 Å². The Morgan fingerprint density at radius 2 is 1.96 bits per heavy atom. The van der Waals surface area contributed by atoms with Crippen LogP contribution in [0.1, 0.15) is 30.2 Å². The minimum Gasteiger partial charge on any atom is -0.465 e. The first-order valence-electron chi connectivity index (χ1n) is 7.38. The van der Waals surface area contributed by atoms with Crippen LogP contribution in [0.5, 0.6) is 0 Å². The number of hydrogen-bond donors (Lipinski definition) is 0. The molecule has 3 aromatic rings. The Morgan fingerprint density at radius 3 is 2.61 bits per heavy atom. The summed E-state index contributed by atoms with van der Waals surface area (Å²) in [6.45, 7) is 4.10. The summed E-state index contributed by atoms with van der Waals surface area (Å²) in [5.41, 5.74) is 3.09. The highest BCUT2D eigenvalue weighted by Crippen LogP contribution is 2.34. The van der Waals surface area contributed by atoms with Gasteiger partial charge in [-0.05, 0) is 38.1 Å². The predicted molar refractivity (Wildman–Crippen MR) is 91.9 cm³/mol. The fourth-order valence-corrected chi connectivity index (χ4v) is 2.85. The van der Waals surface area contributed by atoms with Crippen molar-refractivity contribution < 1.29 is 9.53 Å². The molecule has 0 aliphatic carbocycles. The van der Waals surface area contributed by atoms with Crippen LogP contribution in [-0.4, -0.2) is 22.9 Å². The molecule has 23 heavy (non-hydrogen) atoms. The van der Waals surface area contributed by atoms with E-state index in [-0.39, 0.29) is 12.0 Å². The highest BCUT2D eigenvalue weighted by Gasteiger charge is 2.18. The van der Waals surface area contributed by atoms with Crippen LogP contribution in [0.25, 0.3) is 22.2 Å². The van der Waals surface area contributed by atoms with Crippen LogP contribution in [0.15, 0.2) is 42.5 Å². The van der Waals surface area contributed by atoms with Gasteiger partial charge in [0.25, 0.3) is 0 Å². The molecule has 2 aromatic carbocycles. The lowest BCUT2D eigenvalue weighted by atomic mass is 10.1. The van der Waals surface area contributed by atoms with Gasteiger partial charge in [-0.1, -0.05) is 29.8 Å². The van der Waals surface area contributed by atoms with Gasteiger partial charge >= 0.3 is 5.97 Å². The summed E-state index contributed by atoms with van der Waals surface area (Å²) in [4.78, 5) is 11.8. The number of rotatable bonds is 3. The van der Waals surface area contributed by atoms with Crippen molar-refractivity contribution in [3.63, 3.8) is 0 Å². The number of nitrogens with zero attached hydrogens (tertiary/aromatic N) is 2. The van der Waals surface area contributed by atoms with Crippen LogP contribution in [0.4, 0.5) is 0 Å². The van der Waals surface area contributed by atoms with Gasteiger partial charge in [0.15, 0.2) is 0 Å². The van der Waals surface area contributed by atoms with E-state index in [0.717, 1.165) is 22.2 Å². The molecular formula is C18H17ClN2O2. The van der Waals surface area contributed by atoms with E-state index in [1.54, 1.807) is 6.07 Å². The van der Waals surface area contributed by atoms with Gasteiger partial charge in [-0.2, -0.15) is 5.10 Å². The number of methoxy groups -OCH3 is 1. The van der Waals surface area contributed by atoms with Crippen molar-refractivity contribution >= 4 is 28.5 Å². The van der Waals surface area contributed by atoms with E-state index in [9.17, 15) is 4.79 Å². The van der Waals surface area contributed by atoms with Gasteiger partial charge in [0, 0.05) is 17.0 Å². The number of carbonyl (C=O) groups excluding carboxylic acids is 1. The quantitative estimate of drug-likeness (QED) is 0.653. The first-order chi connectivity index (χ1) is 11.0. The number of fused-ring (bicyclic) bond motifs is 1. The SMILES string of the molecule is COC(=O)c1ccc2c(-c3ccccc3Cl)nn(C(C)C)c2c1. The molecule has 0 aliphatic rings. The molecule has 0 saturated heterocycles.